The third-order valence-electron chi connectivity index (χ3n) is 5.06. The van der Waals surface area contributed by atoms with Crippen LogP contribution in [0.5, 0.6) is 0 Å². The molecule has 3 heterocycles. The largest absolute Gasteiger partial charge is 0.311 e. The molecular weight excluding hydrogens is 364 g/mol. The summed E-state index contributed by atoms with van der Waals surface area (Å²) in [7, 11) is 0. The number of carbonyl (C=O) groups excluding carboxylic acids is 1. The van der Waals surface area contributed by atoms with E-state index in [1.807, 2.05) is 0 Å². The zero-order chi connectivity index (χ0) is 20.1. The fraction of sp³-hybridized carbons (Fsp3) is 0.400. The van der Waals surface area contributed by atoms with Gasteiger partial charge in [0.15, 0.2) is 5.82 Å². The van der Waals surface area contributed by atoms with Crippen LogP contribution in [0.1, 0.15) is 50.9 Å². The highest BCUT2D eigenvalue weighted by atomic mass is 19.3. The van der Waals surface area contributed by atoms with Gasteiger partial charge in [0.2, 0.25) is 5.91 Å². The average Bonchev–Trinajstić information content (AvgIpc) is 2.96. The molecule has 0 radical (unpaired) electrons. The van der Waals surface area contributed by atoms with Crippen LogP contribution in [-0.2, 0) is 10.7 Å². The molecule has 0 bridgehead atoms. The number of pyridine rings is 2. The molecule has 146 valence electrons. The van der Waals surface area contributed by atoms with Crippen LogP contribution in [0.3, 0.4) is 0 Å². The van der Waals surface area contributed by atoms with Crippen LogP contribution >= 0.6 is 0 Å². The van der Waals surface area contributed by atoms with Gasteiger partial charge in [-0.1, -0.05) is 13.0 Å². The Balaban J connectivity index is 1.87. The number of hydrogen-bond acceptors (Lipinski definition) is 4. The second kappa shape index (κ2) is 6.61. The van der Waals surface area contributed by atoms with Gasteiger partial charge in [0, 0.05) is 37.4 Å². The van der Waals surface area contributed by atoms with E-state index in [4.69, 9.17) is 5.10 Å². The Bertz CT molecular complexity index is 1050. The van der Waals surface area contributed by atoms with Crippen molar-refractivity contribution in [1.82, 2.24) is 19.7 Å². The van der Waals surface area contributed by atoms with Crippen LogP contribution in [0.4, 0.5) is 14.6 Å². The quantitative estimate of drug-likeness (QED) is 0.723. The van der Waals surface area contributed by atoms with Crippen molar-refractivity contribution in [3.8, 4) is 5.82 Å². The Labute approximate surface area is 161 Å². The summed E-state index contributed by atoms with van der Waals surface area (Å²) in [5.41, 5.74) is 1.26. The Morgan fingerprint density at radius 3 is 2.71 bits per heavy atom. The van der Waals surface area contributed by atoms with E-state index in [0.717, 1.165) is 30.8 Å². The van der Waals surface area contributed by atoms with E-state index in [-0.39, 0.29) is 11.6 Å². The summed E-state index contributed by atoms with van der Waals surface area (Å²) in [6.07, 6.45) is 3.74. The van der Waals surface area contributed by atoms with Gasteiger partial charge in [0.05, 0.1) is 11.2 Å². The van der Waals surface area contributed by atoms with Gasteiger partial charge in [-0.2, -0.15) is 13.9 Å². The van der Waals surface area contributed by atoms with E-state index in [2.05, 4.69) is 22.2 Å². The molecular formula is C20H21F2N5O. The first-order valence-electron chi connectivity index (χ1n) is 9.24. The molecule has 0 spiro atoms. The predicted molar refractivity (Wildman–Crippen MR) is 102 cm³/mol. The fourth-order valence-electron chi connectivity index (χ4n) is 3.67. The van der Waals surface area contributed by atoms with E-state index in [0.29, 0.717) is 29.0 Å². The van der Waals surface area contributed by atoms with Crippen LogP contribution in [0.25, 0.3) is 16.7 Å². The molecule has 3 aromatic rings. The fourth-order valence-corrected chi connectivity index (χ4v) is 3.67. The minimum absolute atomic E-state index is 0.239. The maximum Gasteiger partial charge on any atom is 0.287 e. The molecule has 1 aliphatic rings. The van der Waals surface area contributed by atoms with Crippen LogP contribution in [0, 0.1) is 5.92 Å². The molecule has 1 saturated carbocycles. The number of hydrogen-bond donors (Lipinski definition) is 1. The molecule has 0 saturated heterocycles. The van der Waals surface area contributed by atoms with Gasteiger partial charge in [0.25, 0.3) is 5.92 Å². The van der Waals surface area contributed by atoms with Gasteiger partial charge < -0.3 is 5.32 Å². The highest BCUT2D eigenvalue weighted by Gasteiger charge is 2.32. The van der Waals surface area contributed by atoms with E-state index in [9.17, 15) is 13.6 Å². The van der Waals surface area contributed by atoms with Gasteiger partial charge in [-0.3, -0.25) is 4.79 Å². The van der Waals surface area contributed by atoms with E-state index in [1.54, 1.807) is 29.1 Å². The molecule has 28 heavy (non-hydrogen) atoms. The van der Waals surface area contributed by atoms with Gasteiger partial charge in [0.1, 0.15) is 11.5 Å². The summed E-state index contributed by atoms with van der Waals surface area (Å²) < 4.78 is 29.1. The summed E-state index contributed by atoms with van der Waals surface area (Å²) in [4.78, 5) is 19.8. The minimum atomic E-state index is -3.05. The first-order valence-corrected chi connectivity index (χ1v) is 9.24. The van der Waals surface area contributed by atoms with Gasteiger partial charge in [-0.05, 0) is 30.9 Å². The normalized spacial score (nSPS) is 19.5. The summed E-state index contributed by atoms with van der Waals surface area (Å²) >= 11 is 0. The van der Waals surface area contributed by atoms with Crippen molar-refractivity contribution in [1.29, 1.82) is 0 Å². The van der Waals surface area contributed by atoms with Gasteiger partial charge in [-0.15, -0.1) is 0 Å². The van der Waals surface area contributed by atoms with E-state index < -0.39 is 5.92 Å². The standard InChI is InChI=1S/C20H21F2N5O/c1-11-7-13(8-11)19-14-10-23-17(24-12(2)28)9-15(14)27(26-19)18-6-4-5-16(25-18)20(3,21)22/h4-6,9-11,13H,7-8H2,1-3H3,(H,23,24,28). The van der Waals surface area contributed by atoms with Crippen molar-refractivity contribution in [3.63, 3.8) is 0 Å². The molecule has 1 amide bonds. The highest BCUT2D eigenvalue weighted by molar-refractivity contribution is 5.91. The zero-order valence-corrected chi connectivity index (χ0v) is 15.9. The second-order valence-electron chi connectivity index (χ2n) is 7.61. The van der Waals surface area contributed by atoms with Crippen LogP contribution < -0.4 is 5.32 Å². The molecule has 1 N–H and O–H groups in total. The van der Waals surface area contributed by atoms with Gasteiger partial charge >= 0.3 is 0 Å². The maximum atomic E-state index is 13.8. The number of rotatable bonds is 4. The summed E-state index contributed by atoms with van der Waals surface area (Å²) in [6.45, 7) is 4.41. The molecule has 8 heteroatoms. The Hall–Kier alpha value is -2.90. The lowest BCUT2D eigenvalue weighted by atomic mass is 9.74. The number of anilines is 1. The number of halogens is 2. The number of fused-ring (bicyclic) bond motifs is 1. The number of amides is 1. The lowest BCUT2D eigenvalue weighted by Gasteiger charge is -2.31. The first-order chi connectivity index (χ1) is 13.2. The molecule has 0 atom stereocenters. The van der Waals surface area contributed by atoms with E-state index >= 15 is 0 Å². The van der Waals surface area contributed by atoms with Gasteiger partial charge in [-0.25, -0.2) is 14.6 Å². The number of carbonyl (C=O) groups is 1. The topological polar surface area (TPSA) is 72.7 Å². The molecule has 0 unspecified atom stereocenters. The molecule has 6 nitrogen and oxygen atoms in total. The SMILES string of the molecule is CC(=O)Nc1cc2c(cn1)c(C1CC(C)C1)nn2-c1cccc(C(C)(F)F)n1. The lowest BCUT2D eigenvalue weighted by molar-refractivity contribution is -0.114. The number of nitrogens with one attached hydrogen (secondary N) is 1. The van der Waals surface area contributed by atoms with Crippen molar-refractivity contribution < 1.29 is 13.6 Å². The van der Waals surface area contributed by atoms with Crippen molar-refractivity contribution in [3.05, 3.63) is 41.9 Å². The third-order valence-corrected chi connectivity index (χ3v) is 5.06. The molecule has 1 fully saturated rings. The Kier molecular flexibility index (Phi) is 4.36. The summed E-state index contributed by atoms with van der Waals surface area (Å²) in [6, 6.07) is 6.19. The number of nitrogens with zero attached hydrogens (tertiary/aromatic N) is 4. The highest BCUT2D eigenvalue weighted by Crippen LogP contribution is 2.43. The van der Waals surface area contributed by atoms with Crippen LogP contribution in [0.15, 0.2) is 30.5 Å². The molecule has 0 aliphatic heterocycles. The van der Waals surface area contributed by atoms with Crippen molar-refractivity contribution in [2.24, 2.45) is 5.92 Å². The smallest absolute Gasteiger partial charge is 0.287 e. The van der Waals surface area contributed by atoms with Crippen LogP contribution in [0.2, 0.25) is 0 Å². The van der Waals surface area contributed by atoms with Crippen molar-refractivity contribution in [2.75, 3.05) is 5.32 Å². The summed E-state index contributed by atoms with van der Waals surface area (Å²) in [5, 5.41) is 8.22. The van der Waals surface area contributed by atoms with E-state index in [1.165, 1.54) is 13.0 Å². The van der Waals surface area contributed by atoms with Crippen molar-refractivity contribution >= 4 is 22.6 Å². The first kappa shape index (κ1) is 18.5. The predicted octanol–water partition coefficient (Wildman–Crippen LogP) is 4.40. The molecule has 4 rings (SSSR count). The average molecular weight is 385 g/mol. The second-order valence-corrected chi connectivity index (χ2v) is 7.61. The third kappa shape index (κ3) is 3.34. The summed E-state index contributed by atoms with van der Waals surface area (Å²) in [5.74, 6) is -1.65. The Morgan fingerprint density at radius 2 is 2.07 bits per heavy atom. The minimum Gasteiger partial charge on any atom is -0.311 e. The molecule has 0 aromatic carbocycles. The molecule has 1 aliphatic carbocycles. The number of aromatic nitrogens is 4. The number of alkyl halides is 2. The lowest BCUT2D eigenvalue weighted by Crippen LogP contribution is -2.19. The van der Waals surface area contributed by atoms with Crippen LogP contribution in [-0.4, -0.2) is 25.7 Å². The monoisotopic (exact) mass is 385 g/mol. The molecule has 3 aromatic heterocycles. The maximum absolute atomic E-state index is 13.8. The zero-order valence-electron chi connectivity index (χ0n) is 15.9. The Morgan fingerprint density at radius 1 is 1.32 bits per heavy atom. The van der Waals surface area contributed by atoms with Crippen molar-refractivity contribution in [2.45, 2.75) is 45.5 Å².